The molecule has 0 bridgehead atoms. The van der Waals surface area contributed by atoms with Crippen LogP contribution in [0.25, 0.3) is 10.9 Å². The zero-order chi connectivity index (χ0) is 19.5. The molecule has 0 amide bonds. The fourth-order valence-electron chi connectivity index (χ4n) is 3.32. The molecule has 3 aromatic rings. The average molecular weight is 380 g/mol. The van der Waals surface area contributed by atoms with Crippen molar-refractivity contribution in [2.24, 2.45) is 5.92 Å². The average Bonchev–Trinajstić information content (AvgIpc) is 2.72. The van der Waals surface area contributed by atoms with Gasteiger partial charge in [0.25, 0.3) is 0 Å². The first-order valence-corrected chi connectivity index (χ1v) is 9.50. The van der Waals surface area contributed by atoms with Crippen molar-refractivity contribution in [2.45, 2.75) is 32.6 Å². The molecule has 3 aromatic heterocycles. The molecule has 0 aromatic carbocycles. The molecular formula is C21H24N4O3. The van der Waals surface area contributed by atoms with Gasteiger partial charge in [-0.05, 0) is 17.7 Å². The molecule has 1 aliphatic rings. The van der Waals surface area contributed by atoms with Gasteiger partial charge >= 0.3 is 0 Å². The number of anilines is 1. The second kappa shape index (κ2) is 8.08. The third-order valence-electron chi connectivity index (χ3n) is 4.77. The van der Waals surface area contributed by atoms with Gasteiger partial charge in [-0.25, -0.2) is 4.98 Å². The van der Waals surface area contributed by atoms with E-state index < -0.39 is 0 Å². The number of nitrogens with one attached hydrogen (secondary N) is 2. The topological polar surface area (TPSA) is 89.1 Å². The van der Waals surface area contributed by atoms with E-state index in [4.69, 9.17) is 9.47 Å². The van der Waals surface area contributed by atoms with Crippen molar-refractivity contribution in [3.8, 4) is 0 Å². The van der Waals surface area contributed by atoms with E-state index in [-0.39, 0.29) is 17.9 Å². The van der Waals surface area contributed by atoms with Crippen molar-refractivity contribution in [3.63, 3.8) is 0 Å². The van der Waals surface area contributed by atoms with Crippen LogP contribution in [0.1, 0.15) is 25.0 Å². The lowest BCUT2D eigenvalue weighted by atomic mass is 10.1. The number of fused-ring (bicyclic) bond motifs is 1. The van der Waals surface area contributed by atoms with Crippen molar-refractivity contribution in [1.82, 2.24) is 15.0 Å². The molecule has 1 fully saturated rings. The summed E-state index contributed by atoms with van der Waals surface area (Å²) in [6.45, 7) is 5.32. The fourth-order valence-corrected chi connectivity index (χ4v) is 3.32. The van der Waals surface area contributed by atoms with Crippen molar-refractivity contribution in [1.29, 1.82) is 0 Å². The SMILES string of the molecule is CC(C)C1OCC(Nc2ncc(Cc3ccc(=O)[nH]c3)c3ncccc23)CO1. The van der Waals surface area contributed by atoms with Crippen molar-refractivity contribution < 1.29 is 9.47 Å². The number of hydrogen-bond donors (Lipinski definition) is 2. The van der Waals surface area contributed by atoms with Crippen LogP contribution in [0.4, 0.5) is 5.82 Å². The normalized spacial score (nSPS) is 19.8. The number of nitrogens with zero attached hydrogens (tertiary/aromatic N) is 2. The standard InChI is InChI=1S/C21H24N4O3/c1-13(2)21-27-11-16(12-28-21)25-20-17-4-3-7-22-19(17)15(10-24-20)8-14-5-6-18(26)23-9-14/h3-7,9-10,13,16,21H,8,11-12H2,1-2H3,(H,23,26)(H,24,25). The van der Waals surface area contributed by atoms with Crippen molar-refractivity contribution in [2.75, 3.05) is 18.5 Å². The highest BCUT2D eigenvalue weighted by atomic mass is 16.7. The summed E-state index contributed by atoms with van der Waals surface area (Å²) in [7, 11) is 0. The van der Waals surface area contributed by atoms with Crippen LogP contribution < -0.4 is 10.9 Å². The molecule has 7 heteroatoms. The Kier molecular flexibility index (Phi) is 5.36. The predicted molar refractivity (Wildman–Crippen MR) is 107 cm³/mol. The molecule has 146 valence electrons. The zero-order valence-electron chi connectivity index (χ0n) is 16.0. The third kappa shape index (κ3) is 4.05. The maximum absolute atomic E-state index is 11.3. The molecule has 0 atom stereocenters. The number of pyridine rings is 3. The van der Waals surface area contributed by atoms with Crippen molar-refractivity contribution in [3.05, 3.63) is 64.3 Å². The van der Waals surface area contributed by atoms with Gasteiger partial charge in [0.05, 0.1) is 24.8 Å². The summed E-state index contributed by atoms with van der Waals surface area (Å²) in [6.07, 6.45) is 5.84. The number of aromatic amines is 1. The lowest BCUT2D eigenvalue weighted by Crippen LogP contribution is -2.42. The summed E-state index contributed by atoms with van der Waals surface area (Å²) in [6, 6.07) is 7.30. The lowest BCUT2D eigenvalue weighted by molar-refractivity contribution is -0.202. The molecule has 0 radical (unpaired) electrons. The summed E-state index contributed by atoms with van der Waals surface area (Å²) in [5, 5.41) is 4.39. The Balaban J connectivity index is 1.56. The maximum atomic E-state index is 11.3. The van der Waals surface area contributed by atoms with E-state index in [1.54, 1.807) is 12.4 Å². The van der Waals surface area contributed by atoms with E-state index in [1.165, 1.54) is 6.07 Å². The number of H-pyrrole nitrogens is 1. The monoisotopic (exact) mass is 380 g/mol. The van der Waals surface area contributed by atoms with Gasteiger partial charge in [-0.1, -0.05) is 19.9 Å². The number of rotatable bonds is 5. The molecule has 4 rings (SSSR count). The van der Waals surface area contributed by atoms with Gasteiger partial charge in [0.1, 0.15) is 5.82 Å². The van der Waals surface area contributed by atoms with Gasteiger partial charge < -0.3 is 19.8 Å². The van der Waals surface area contributed by atoms with Crippen LogP contribution in [0, 0.1) is 5.92 Å². The molecule has 0 aliphatic carbocycles. The smallest absolute Gasteiger partial charge is 0.247 e. The Morgan fingerprint density at radius 3 is 2.75 bits per heavy atom. The van der Waals surface area contributed by atoms with Gasteiger partial charge in [0.2, 0.25) is 5.56 Å². The molecule has 0 saturated carbocycles. The molecule has 0 spiro atoms. The first-order valence-electron chi connectivity index (χ1n) is 9.50. The minimum Gasteiger partial charge on any atom is -0.362 e. The maximum Gasteiger partial charge on any atom is 0.247 e. The summed E-state index contributed by atoms with van der Waals surface area (Å²) < 4.78 is 11.6. The van der Waals surface area contributed by atoms with E-state index >= 15 is 0 Å². The molecular weight excluding hydrogens is 356 g/mol. The van der Waals surface area contributed by atoms with Gasteiger partial charge in [0, 0.05) is 47.9 Å². The molecule has 4 heterocycles. The van der Waals surface area contributed by atoms with Crippen LogP contribution in [0.3, 0.4) is 0 Å². The molecule has 28 heavy (non-hydrogen) atoms. The fraction of sp³-hybridized carbons (Fsp3) is 0.381. The van der Waals surface area contributed by atoms with Crippen LogP contribution in [0.5, 0.6) is 0 Å². The van der Waals surface area contributed by atoms with E-state index in [1.807, 2.05) is 24.4 Å². The van der Waals surface area contributed by atoms with Crippen LogP contribution >= 0.6 is 0 Å². The summed E-state index contributed by atoms with van der Waals surface area (Å²) >= 11 is 0. The summed E-state index contributed by atoms with van der Waals surface area (Å²) in [4.78, 5) is 23.2. The number of hydrogen-bond acceptors (Lipinski definition) is 6. The van der Waals surface area contributed by atoms with Crippen LogP contribution in [0.15, 0.2) is 47.7 Å². The number of ether oxygens (including phenoxy) is 2. The molecule has 1 aliphatic heterocycles. The van der Waals surface area contributed by atoms with E-state index in [0.29, 0.717) is 25.6 Å². The minimum absolute atomic E-state index is 0.0379. The second-order valence-corrected chi connectivity index (χ2v) is 7.39. The van der Waals surface area contributed by atoms with E-state index in [9.17, 15) is 4.79 Å². The van der Waals surface area contributed by atoms with E-state index in [0.717, 1.165) is 27.8 Å². The van der Waals surface area contributed by atoms with Crippen LogP contribution in [-0.4, -0.2) is 40.5 Å². The van der Waals surface area contributed by atoms with Crippen LogP contribution in [0.2, 0.25) is 0 Å². The number of aromatic nitrogens is 3. The Labute approximate surface area is 163 Å². The predicted octanol–water partition coefficient (Wildman–Crippen LogP) is 2.72. The first kappa shape index (κ1) is 18.6. The second-order valence-electron chi connectivity index (χ2n) is 7.39. The Hall–Kier alpha value is -2.77. The van der Waals surface area contributed by atoms with E-state index in [2.05, 4.69) is 34.1 Å². The van der Waals surface area contributed by atoms with Crippen LogP contribution in [-0.2, 0) is 15.9 Å². The highest BCUT2D eigenvalue weighted by Crippen LogP contribution is 2.25. The highest BCUT2D eigenvalue weighted by molar-refractivity contribution is 5.91. The molecule has 0 unspecified atom stereocenters. The largest absolute Gasteiger partial charge is 0.362 e. The van der Waals surface area contributed by atoms with Gasteiger partial charge in [0.15, 0.2) is 6.29 Å². The summed E-state index contributed by atoms with van der Waals surface area (Å²) in [5.74, 6) is 1.10. The van der Waals surface area contributed by atoms with Gasteiger partial charge in [-0.15, -0.1) is 0 Å². The zero-order valence-corrected chi connectivity index (χ0v) is 16.0. The first-order chi connectivity index (χ1) is 13.6. The third-order valence-corrected chi connectivity index (χ3v) is 4.77. The van der Waals surface area contributed by atoms with Gasteiger partial charge in [-0.3, -0.25) is 9.78 Å². The Bertz CT molecular complexity index is 989. The Morgan fingerprint density at radius 2 is 2.04 bits per heavy atom. The van der Waals surface area contributed by atoms with Crippen molar-refractivity contribution >= 4 is 16.7 Å². The highest BCUT2D eigenvalue weighted by Gasteiger charge is 2.25. The molecule has 7 nitrogen and oxygen atoms in total. The minimum atomic E-state index is -0.149. The Morgan fingerprint density at radius 1 is 1.21 bits per heavy atom. The molecule has 2 N–H and O–H groups in total. The quantitative estimate of drug-likeness (QED) is 0.707. The summed E-state index contributed by atoms with van der Waals surface area (Å²) in [5.41, 5.74) is 2.79. The van der Waals surface area contributed by atoms with Gasteiger partial charge in [-0.2, -0.15) is 0 Å². The molecule has 1 saturated heterocycles. The lowest BCUT2D eigenvalue weighted by Gasteiger charge is -2.32.